The van der Waals surface area contributed by atoms with Crippen molar-refractivity contribution in [2.75, 3.05) is 6.54 Å². The van der Waals surface area contributed by atoms with Gasteiger partial charge in [-0.2, -0.15) is 0 Å². The number of nitrogens with one attached hydrogen (secondary N) is 1. The molecule has 0 aliphatic heterocycles. The number of thiophene rings is 1. The zero-order chi connectivity index (χ0) is 14.7. The first kappa shape index (κ1) is 15.8. The van der Waals surface area contributed by atoms with Gasteiger partial charge in [-0.1, -0.05) is 36.2 Å². The Bertz CT molecular complexity index is 573. The van der Waals surface area contributed by atoms with Gasteiger partial charge in [0.2, 0.25) is 0 Å². The van der Waals surface area contributed by atoms with E-state index in [9.17, 15) is 0 Å². The average Bonchev–Trinajstić information content (AvgIpc) is 2.73. The molecule has 1 atom stereocenters. The number of likely N-dealkylation sites (N-methyl/N-ethyl adjacent to an activating group) is 1. The number of hydrogen-bond donors (Lipinski definition) is 1. The first-order chi connectivity index (χ1) is 9.51. The molecule has 0 fully saturated rings. The van der Waals surface area contributed by atoms with E-state index in [1.54, 1.807) is 0 Å². The van der Waals surface area contributed by atoms with Gasteiger partial charge >= 0.3 is 0 Å². The van der Waals surface area contributed by atoms with Crippen molar-refractivity contribution >= 4 is 34.5 Å². The molecule has 1 unspecified atom stereocenters. The number of benzene rings is 1. The van der Waals surface area contributed by atoms with Gasteiger partial charge in [-0.05, 0) is 56.1 Å². The Balaban J connectivity index is 2.22. The Morgan fingerprint density at radius 3 is 2.45 bits per heavy atom. The van der Waals surface area contributed by atoms with E-state index in [4.69, 9.17) is 23.2 Å². The van der Waals surface area contributed by atoms with Crippen LogP contribution in [0.4, 0.5) is 0 Å². The summed E-state index contributed by atoms with van der Waals surface area (Å²) in [4.78, 5) is 2.77. The Morgan fingerprint density at radius 1 is 1.15 bits per heavy atom. The minimum Gasteiger partial charge on any atom is -0.309 e. The average molecular weight is 328 g/mol. The highest BCUT2D eigenvalue weighted by Crippen LogP contribution is 2.30. The molecule has 0 spiro atoms. The fraction of sp³-hybridized carbons (Fsp3) is 0.375. The number of halogens is 2. The van der Waals surface area contributed by atoms with Crippen LogP contribution in [0.15, 0.2) is 24.3 Å². The van der Waals surface area contributed by atoms with Crippen molar-refractivity contribution in [1.29, 1.82) is 0 Å². The zero-order valence-corrected chi connectivity index (χ0v) is 14.3. The smallest absolute Gasteiger partial charge is 0.0595 e. The van der Waals surface area contributed by atoms with Gasteiger partial charge in [-0.15, -0.1) is 11.3 Å². The predicted molar refractivity (Wildman–Crippen MR) is 90.4 cm³/mol. The summed E-state index contributed by atoms with van der Waals surface area (Å²) in [7, 11) is 0. The molecule has 0 aliphatic carbocycles. The maximum atomic E-state index is 6.10. The van der Waals surface area contributed by atoms with Crippen molar-refractivity contribution in [2.45, 2.75) is 33.2 Å². The van der Waals surface area contributed by atoms with Crippen molar-refractivity contribution < 1.29 is 0 Å². The largest absolute Gasteiger partial charge is 0.309 e. The lowest BCUT2D eigenvalue weighted by Crippen LogP contribution is -2.22. The van der Waals surface area contributed by atoms with Gasteiger partial charge in [0.25, 0.3) is 0 Å². The van der Waals surface area contributed by atoms with E-state index in [1.807, 2.05) is 29.5 Å². The molecule has 0 aliphatic rings. The fourth-order valence-corrected chi connectivity index (χ4v) is 3.63. The third-order valence-electron chi connectivity index (χ3n) is 3.40. The van der Waals surface area contributed by atoms with Gasteiger partial charge in [0.15, 0.2) is 0 Å². The Morgan fingerprint density at radius 2 is 1.90 bits per heavy atom. The highest BCUT2D eigenvalue weighted by molar-refractivity contribution is 7.12. The van der Waals surface area contributed by atoms with Crippen LogP contribution in [-0.4, -0.2) is 6.54 Å². The van der Waals surface area contributed by atoms with E-state index in [2.05, 4.69) is 32.2 Å². The number of hydrogen-bond acceptors (Lipinski definition) is 2. The van der Waals surface area contributed by atoms with Crippen molar-refractivity contribution in [3.8, 4) is 0 Å². The summed E-state index contributed by atoms with van der Waals surface area (Å²) in [5, 5.41) is 4.79. The minimum absolute atomic E-state index is 0.328. The number of aryl methyl sites for hydroxylation is 2. The molecule has 0 saturated carbocycles. The lowest BCUT2D eigenvalue weighted by Gasteiger charge is -2.17. The van der Waals surface area contributed by atoms with Crippen molar-refractivity contribution in [3.05, 3.63) is 55.2 Å². The minimum atomic E-state index is 0.328. The molecule has 2 rings (SSSR count). The quantitative estimate of drug-likeness (QED) is 0.757. The third kappa shape index (κ3) is 3.76. The first-order valence-corrected chi connectivity index (χ1v) is 8.32. The summed E-state index contributed by atoms with van der Waals surface area (Å²) in [5.41, 5.74) is 2.57. The van der Waals surface area contributed by atoms with Crippen LogP contribution in [0.1, 0.15) is 33.8 Å². The molecule has 0 saturated heterocycles. The van der Waals surface area contributed by atoms with Crippen molar-refractivity contribution in [3.63, 3.8) is 0 Å². The lowest BCUT2D eigenvalue weighted by atomic mass is 10.0. The predicted octanol–water partition coefficient (Wildman–Crippen LogP) is 5.57. The normalized spacial score (nSPS) is 12.7. The topological polar surface area (TPSA) is 12.0 Å². The van der Waals surface area contributed by atoms with E-state index < -0.39 is 0 Å². The van der Waals surface area contributed by atoms with Gasteiger partial charge in [-0.25, -0.2) is 0 Å². The molecule has 0 radical (unpaired) electrons. The maximum Gasteiger partial charge on any atom is 0.0595 e. The summed E-state index contributed by atoms with van der Waals surface area (Å²) in [5.74, 6) is 0. The van der Waals surface area contributed by atoms with Crippen LogP contribution < -0.4 is 5.32 Å². The maximum absolute atomic E-state index is 6.10. The van der Waals surface area contributed by atoms with Crippen LogP contribution in [0.3, 0.4) is 0 Å². The summed E-state index contributed by atoms with van der Waals surface area (Å²) in [6, 6.07) is 8.49. The third-order valence-corrected chi connectivity index (χ3v) is 5.41. The molecular weight excluding hydrogens is 309 g/mol. The Hall–Kier alpha value is -0.540. The molecule has 1 heterocycles. The Kier molecular flexibility index (Phi) is 5.50. The van der Waals surface area contributed by atoms with Gasteiger partial charge < -0.3 is 5.32 Å². The molecule has 1 aromatic carbocycles. The monoisotopic (exact) mass is 327 g/mol. The van der Waals surface area contributed by atoms with Crippen LogP contribution in [0, 0.1) is 13.8 Å². The van der Waals surface area contributed by atoms with E-state index >= 15 is 0 Å². The van der Waals surface area contributed by atoms with Crippen LogP contribution >= 0.6 is 34.5 Å². The molecule has 108 valence electrons. The molecule has 0 bridgehead atoms. The summed E-state index contributed by atoms with van der Waals surface area (Å²) in [6.07, 6.45) is 0.921. The zero-order valence-electron chi connectivity index (χ0n) is 12.0. The highest BCUT2D eigenvalue weighted by atomic mass is 35.5. The van der Waals surface area contributed by atoms with Crippen LogP contribution in [0.2, 0.25) is 10.0 Å². The van der Waals surface area contributed by atoms with E-state index in [1.165, 1.54) is 20.9 Å². The van der Waals surface area contributed by atoms with Crippen molar-refractivity contribution in [1.82, 2.24) is 5.32 Å². The number of rotatable bonds is 5. The van der Waals surface area contributed by atoms with Crippen LogP contribution in [0.25, 0.3) is 0 Å². The van der Waals surface area contributed by atoms with E-state index in [0.717, 1.165) is 13.0 Å². The SMILES string of the molecule is CCNC(Cc1ccc(Cl)c(Cl)c1)c1cc(C)c(C)s1. The van der Waals surface area contributed by atoms with E-state index in [-0.39, 0.29) is 0 Å². The van der Waals surface area contributed by atoms with Crippen molar-refractivity contribution in [2.24, 2.45) is 0 Å². The van der Waals surface area contributed by atoms with Gasteiger partial charge in [0.1, 0.15) is 0 Å². The molecule has 1 N–H and O–H groups in total. The summed E-state index contributed by atoms with van der Waals surface area (Å²) in [6.45, 7) is 7.42. The molecule has 1 nitrogen and oxygen atoms in total. The fourth-order valence-electron chi connectivity index (χ4n) is 2.20. The van der Waals surface area contributed by atoms with Crippen LogP contribution in [-0.2, 0) is 6.42 Å². The molecule has 0 amide bonds. The second-order valence-electron chi connectivity index (χ2n) is 4.95. The van der Waals surface area contributed by atoms with Gasteiger partial charge in [0, 0.05) is 15.8 Å². The highest BCUT2D eigenvalue weighted by Gasteiger charge is 2.15. The first-order valence-electron chi connectivity index (χ1n) is 6.75. The summed E-state index contributed by atoms with van der Waals surface area (Å²) >= 11 is 13.9. The second-order valence-corrected chi connectivity index (χ2v) is 7.05. The Labute approximate surface area is 134 Å². The standard InChI is InChI=1S/C16H19Cl2NS/c1-4-19-15(16-7-10(2)11(3)20-16)9-12-5-6-13(17)14(18)8-12/h5-8,15,19H,4,9H2,1-3H3. The molecule has 20 heavy (non-hydrogen) atoms. The molecular formula is C16H19Cl2NS. The van der Waals surface area contributed by atoms with E-state index in [0.29, 0.717) is 16.1 Å². The van der Waals surface area contributed by atoms with Gasteiger partial charge in [0.05, 0.1) is 10.0 Å². The molecule has 4 heteroatoms. The van der Waals surface area contributed by atoms with Gasteiger partial charge in [-0.3, -0.25) is 0 Å². The lowest BCUT2D eigenvalue weighted by molar-refractivity contribution is 0.558. The molecule has 1 aromatic heterocycles. The van der Waals surface area contributed by atoms with Crippen LogP contribution in [0.5, 0.6) is 0 Å². The second kappa shape index (κ2) is 6.95. The summed E-state index contributed by atoms with van der Waals surface area (Å²) < 4.78 is 0. The molecule has 2 aromatic rings.